The van der Waals surface area contributed by atoms with Crippen LogP contribution >= 0.6 is 47.0 Å². The van der Waals surface area contributed by atoms with E-state index in [0.29, 0.717) is 27.3 Å². The lowest BCUT2D eigenvalue weighted by atomic mass is 10.1. The summed E-state index contributed by atoms with van der Waals surface area (Å²) in [7, 11) is 1.72. The molecule has 0 aliphatic carbocycles. The van der Waals surface area contributed by atoms with E-state index in [9.17, 15) is 24.3 Å². The van der Waals surface area contributed by atoms with Crippen LogP contribution in [0.25, 0.3) is 0 Å². The number of hydrogen-bond acceptors (Lipinski definition) is 12. The first kappa shape index (κ1) is 26.4. The molecule has 34 heavy (non-hydrogen) atoms. The summed E-state index contributed by atoms with van der Waals surface area (Å²) in [4.78, 5) is 46.8. The lowest BCUT2D eigenvalue weighted by molar-refractivity contribution is -0.146. The molecule has 1 atom stereocenters. The fraction of sp³-hybridized carbons (Fsp3) is 0.500. The minimum Gasteiger partial charge on any atom is -0.477 e. The summed E-state index contributed by atoms with van der Waals surface area (Å²) in [6.07, 6.45) is 0.426. The average molecular weight is 547 g/mol. The van der Waals surface area contributed by atoms with Crippen molar-refractivity contribution in [2.75, 3.05) is 29.6 Å². The number of aliphatic carboxylic acids is 1. The van der Waals surface area contributed by atoms with E-state index in [1.165, 1.54) is 44.9 Å². The zero-order valence-corrected chi connectivity index (χ0v) is 21.5. The van der Waals surface area contributed by atoms with Crippen molar-refractivity contribution in [1.29, 1.82) is 0 Å². The molecule has 4 heterocycles. The monoisotopic (exact) mass is 546 g/mol. The standard InChI is InChI=1S/C10H11N5O3S2.C8H11NO3S2/c1-14-10(11-12-13-14)20-4-5-3-19-7-2-6(16)15(7)8(5)9(17)18;1-2-12-7(11)5(6(9)10)8-13-3-4-14-8/h7H,2-4H2,1H3,(H,17,18);2-4H2,1H3,(H2,9,10)/t7-;/m0./s1. The SMILES string of the molecule is CCOC(=O)C(C(N)=O)=C1SCCS1.Cn1nnnc1SCC1=C(C(=O)O)N2C(=O)C[C@@H]2SC1. The molecule has 3 aliphatic rings. The summed E-state index contributed by atoms with van der Waals surface area (Å²) < 4.78 is 6.97. The second-order valence-electron chi connectivity index (χ2n) is 6.81. The fourth-order valence-corrected chi connectivity index (χ4v) is 7.81. The highest BCUT2D eigenvalue weighted by Gasteiger charge is 2.45. The first-order chi connectivity index (χ1) is 16.2. The summed E-state index contributed by atoms with van der Waals surface area (Å²) in [5.74, 6) is 0.384. The first-order valence-corrected chi connectivity index (χ1v) is 14.0. The Morgan fingerprint density at radius 2 is 2.00 bits per heavy atom. The first-order valence-electron chi connectivity index (χ1n) is 9.95. The Morgan fingerprint density at radius 1 is 1.29 bits per heavy atom. The van der Waals surface area contributed by atoms with E-state index in [-0.39, 0.29) is 29.2 Å². The van der Waals surface area contributed by atoms with Gasteiger partial charge in [-0.15, -0.1) is 40.4 Å². The molecule has 0 radical (unpaired) electrons. The lowest BCUT2D eigenvalue weighted by Crippen LogP contribution is -2.54. The minimum atomic E-state index is -1.05. The van der Waals surface area contributed by atoms with Gasteiger partial charge in [0.25, 0.3) is 5.91 Å². The van der Waals surface area contributed by atoms with Gasteiger partial charge in [0.2, 0.25) is 11.1 Å². The molecule has 0 saturated carbocycles. The number of β-lactam (4-membered cyclic amide) rings is 1. The van der Waals surface area contributed by atoms with E-state index >= 15 is 0 Å². The van der Waals surface area contributed by atoms with E-state index in [2.05, 4.69) is 15.5 Å². The Balaban J connectivity index is 0.000000204. The number of amides is 2. The number of carbonyl (C=O) groups is 4. The van der Waals surface area contributed by atoms with Crippen molar-refractivity contribution >= 4 is 70.8 Å². The van der Waals surface area contributed by atoms with Crippen molar-refractivity contribution in [3.05, 3.63) is 21.1 Å². The normalized spacial score (nSPS) is 19.1. The molecule has 0 unspecified atom stereocenters. The molecule has 3 aliphatic heterocycles. The number of aromatic nitrogens is 4. The predicted molar refractivity (Wildman–Crippen MR) is 130 cm³/mol. The quantitative estimate of drug-likeness (QED) is 0.122. The Labute approximate surface area is 211 Å². The second-order valence-corrected chi connectivity index (χ2v) is 11.4. The number of aryl methyl sites for hydroxylation is 1. The van der Waals surface area contributed by atoms with Gasteiger partial charge in [0.15, 0.2) is 0 Å². The number of nitrogens with zero attached hydrogens (tertiary/aromatic N) is 5. The highest BCUT2D eigenvalue weighted by Crippen LogP contribution is 2.41. The predicted octanol–water partition coefficient (Wildman–Crippen LogP) is 0.673. The van der Waals surface area contributed by atoms with Crippen molar-refractivity contribution in [3.63, 3.8) is 0 Å². The second kappa shape index (κ2) is 12.0. The fourth-order valence-electron chi connectivity index (χ4n) is 3.03. The van der Waals surface area contributed by atoms with Gasteiger partial charge in [0, 0.05) is 30.1 Å². The third-order valence-electron chi connectivity index (χ3n) is 4.57. The molecule has 2 fully saturated rings. The third kappa shape index (κ3) is 6.09. The van der Waals surface area contributed by atoms with Gasteiger partial charge < -0.3 is 15.6 Å². The maximum absolute atomic E-state index is 11.6. The van der Waals surface area contributed by atoms with Crippen LogP contribution in [0.15, 0.2) is 26.2 Å². The van der Waals surface area contributed by atoms with Crippen LogP contribution in [0.4, 0.5) is 0 Å². The number of carboxylic acid groups (broad SMARTS) is 1. The molecular weight excluding hydrogens is 525 g/mol. The number of primary amides is 1. The maximum Gasteiger partial charge on any atom is 0.352 e. The number of tetrazole rings is 1. The van der Waals surface area contributed by atoms with Crippen molar-refractivity contribution in [3.8, 4) is 0 Å². The van der Waals surface area contributed by atoms with Crippen molar-refractivity contribution in [2.24, 2.45) is 12.8 Å². The van der Waals surface area contributed by atoms with Crippen LogP contribution in [-0.4, -0.2) is 89.0 Å². The van der Waals surface area contributed by atoms with E-state index < -0.39 is 17.8 Å². The molecule has 0 bridgehead atoms. The number of esters is 1. The summed E-state index contributed by atoms with van der Waals surface area (Å²) in [6.45, 7) is 1.94. The Kier molecular flexibility index (Phi) is 9.32. The number of hydrogen-bond donors (Lipinski definition) is 2. The molecule has 16 heteroatoms. The summed E-state index contributed by atoms with van der Waals surface area (Å²) in [5, 5.41) is 21.0. The zero-order valence-electron chi connectivity index (χ0n) is 18.3. The van der Waals surface area contributed by atoms with Gasteiger partial charge in [-0.3, -0.25) is 14.5 Å². The lowest BCUT2D eigenvalue weighted by Gasteiger charge is -2.43. The van der Waals surface area contributed by atoms with Crippen molar-refractivity contribution in [1.82, 2.24) is 25.1 Å². The van der Waals surface area contributed by atoms with Gasteiger partial charge >= 0.3 is 11.9 Å². The molecule has 0 spiro atoms. The minimum absolute atomic E-state index is 0.000602. The van der Waals surface area contributed by atoms with Crippen molar-refractivity contribution < 1.29 is 29.0 Å². The van der Waals surface area contributed by atoms with E-state index in [1.807, 2.05) is 0 Å². The van der Waals surface area contributed by atoms with Crippen LogP contribution in [0.1, 0.15) is 13.3 Å². The van der Waals surface area contributed by atoms with Crippen LogP contribution in [0, 0.1) is 0 Å². The number of ether oxygens (including phenoxy) is 1. The van der Waals surface area contributed by atoms with Gasteiger partial charge in [0.1, 0.15) is 11.3 Å². The topological polar surface area (TPSA) is 171 Å². The highest BCUT2D eigenvalue weighted by molar-refractivity contribution is 8.25. The smallest absolute Gasteiger partial charge is 0.352 e. The number of fused-ring (bicyclic) bond motifs is 1. The summed E-state index contributed by atoms with van der Waals surface area (Å²) in [5.41, 5.74) is 5.99. The van der Waals surface area contributed by atoms with Crippen LogP contribution in [0.5, 0.6) is 0 Å². The van der Waals surface area contributed by atoms with Gasteiger partial charge in [-0.2, -0.15) is 0 Å². The third-order valence-corrected chi connectivity index (χ3v) is 9.66. The zero-order chi connectivity index (χ0) is 24.8. The van der Waals surface area contributed by atoms with E-state index in [1.54, 1.807) is 25.7 Å². The largest absolute Gasteiger partial charge is 0.477 e. The van der Waals surface area contributed by atoms with E-state index in [0.717, 1.165) is 17.1 Å². The molecule has 2 saturated heterocycles. The summed E-state index contributed by atoms with van der Waals surface area (Å²) in [6, 6.07) is 0. The van der Waals surface area contributed by atoms with Crippen LogP contribution in [0.3, 0.4) is 0 Å². The summed E-state index contributed by atoms with van der Waals surface area (Å²) >= 11 is 5.91. The molecule has 184 valence electrons. The van der Waals surface area contributed by atoms with Gasteiger partial charge in [0.05, 0.1) is 22.6 Å². The number of rotatable bonds is 7. The number of carboxylic acids is 1. The molecule has 12 nitrogen and oxygen atoms in total. The van der Waals surface area contributed by atoms with Gasteiger partial charge in [-0.05, 0) is 22.9 Å². The van der Waals surface area contributed by atoms with E-state index in [4.69, 9.17) is 10.5 Å². The Morgan fingerprint density at radius 3 is 2.53 bits per heavy atom. The molecule has 1 aromatic heterocycles. The van der Waals surface area contributed by atoms with Crippen LogP contribution in [0.2, 0.25) is 0 Å². The van der Waals surface area contributed by atoms with Crippen LogP contribution < -0.4 is 5.73 Å². The van der Waals surface area contributed by atoms with Crippen LogP contribution in [-0.2, 0) is 31.0 Å². The molecular formula is C18H22N6O6S4. The molecule has 0 aromatic carbocycles. The highest BCUT2D eigenvalue weighted by atomic mass is 32.2. The number of nitrogens with two attached hydrogens (primary N) is 1. The maximum atomic E-state index is 11.6. The Hall–Kier alpha value is -2.17. The van der Waals surface area contributed by atoms with Gasteiger partial charge in [-0.25, -0.2) is 14.3 Å². The molecule has 1 aromatic rings. The Bertz CT molecular complexity index is 1050. The number of carbonyl (C=O) groups excluding carboxylic acids is 3. The van der Waals surface area contributed by atoms with Crippen molar-refractivity contribution in [2.45, 2.75) is 23.9 Å². The molecule has 3 N–H and O–H groups in total. The number of thioether (sulfide) groups is 4. The average Bonchev–Trinajstić information content (AvgIpc) is 3.44. The van der Waals surface area contributed by atoms with Gasteiger partial charge in [-0.1, -0.05) is 11.8 Å². The molecule has 2 amide bonds. The molecule has 4 rings (SSSR count).